The van der Waals surface area contributed by atoms with Gasteiger partial charge in [0.1, 0.15) is 6.54 Å². The fourth-order valence-corrected chi connectivity index (χ4v) is 2.08. The summed E-state index contributed by atoms with van der Waals surface area (Å²) < 4.78 is 11.0. The van der Waals surface area contributed by atoms with Crippen LogP contribution in [0.1, 0.15) is 52.3 Å². The number of guanidine groups is 1. The summed E-state index contributed by atoms with van der Waals surface area (Å²) in [6.45, 7) is 11.8. The molecular formula is C17H31N5O2. The minimum absolute atomic E-state index is 0.144. The van der Waals surface area contributed by atoms with E-state index < -0.39 is 0 Å². The Bertz CT molecular complexity index is 531. The summed E-state index contributed by atoms with van der Waals surface area (Å²) >= 11 is 0. The minimum atomic E-state index is -0.144. The van der Waals surface area contributed by atoms with Gasteiger partial charge in [0, 0.05) is 32.2 Å². The van der Waals surface area contributed by atoms with Crippen molar-refractivity contribution in [2.75, 3.05) is 33.4 Å². The number of hydrogen-bond donors (Lipinski definition) is 1. The van der Waals surface area contributed by atoms with Gasteiger partial charge in [0.05, 0.1) is 6.61 Å². The SMILES string of the molecule is CCNC(=NCc1noc(C(C)(C)C)n1)N(C)CCOCC1CC1. The molecular weight excluding hydrogens is 306 g/mol. The van der Waals surface area contributed by atoms with E-state index in [0.717, 1.165) is 31.6 Å². The molecule has 24 heavy (non-hydrogen) atoms. The summed E-state index contributed by atoms with van der Waals surface area (Å²) in [5.74, 6) is 2.87. The van der Waals surface area contributed by atoms with Crippen molar-refractivity contribution in [3.8, 4) is 0 Å². The summed E-state index contributed by atoms with van der Waals surface area (Å²) in [5, 5.41) is 7.30. The summed E-state index contributed by atoms with van der Waals surface area (Å²) in [6, 6.07) is 0. The van der Waals surface area contributed by atoms with Gasteiger partial charge < -0.3 is 19.5 Å². The molecule has 0 unspecified atom stereocenters. The van der Waals surface area contributed by atoms with Crippen molar-refractivity contribution in [2.24, 2.45) is 10.9 Å². The van der Waals surface area contributed by atoms with Gasteiger partial charge in [-0.05, 0) is 25.7 Å². The second-order valence-electron chi connectivity index (χ2n) is 7.38. The molecule has 2 rings (SSSR count). The molecule has 136 valence electrons. The molecule has 1 N–H and O–H groups in total. The number of aromatic nitrogens is 2. The van der Waals surface area contributed by atoms with E-state index in [4.69, 9.17) is 9.26 Å². The van der Waals surface area contributed by atoms with Crippen LogP contribution in [0.4, 0.5) is 0 Å². The van der Waals surface area contributed by atoms with Crippen molar-refractivity contribution >= 4 is 5.96 Å². The van der Waals surface area contributed by atoms with Gasteiger partial charge in [-0.3, -0.25) is 0 Å². The van der Waals surface area contributed by atoms with E-state index in [1.807, 2.05) is 27.8 Å². The normalized spacial score (nSPS) is 15.6. The van der Waals surface area contributed by atoms with E-state index in [0.29, 0.717) is 24.9 Å². The Kier molecular flexibility index (Phi) is 6.60. The molecule has 0 spiro atoms. The predicted molar refractivity (Wildman–Crippen MR) is 94.0 cm³/mol. The van der Waals surface area contributed by atoms with Crippen LogP contribution in [0.15, 0.2) is 9.52 Å². The number of nitrogens with one attached hydrogen (secondary N) is 1. The highest BCUT2D eigenvalue weighted by Gasteiger charge is 2.22. The first kappa shape index (κ1) is 18.7. The molecule has 1 heterocycles. The van der Waals surface area contributed by atoms with Crippen LogP contribution in [0.25, 0.3) is 0 Å². The summed E-state index contributed by atoms with van der Waals surface area (Å²) in [6.07, 6.45) is 2.64. The highest BCUT2D eigenvalue weighted by Crippen LogP contribution is 2.28. The van der Waals surface area contributed by atoms with E-state index in [-0.39, 0.29) is 5.41 Å². The largest absolute Gasteiger partial charge is 0.379 e. The predicted octanol–water partition coefficient (Wildman–Crippen LogP) is 2.19. The van der Waals surface area contributed by atoms with Gasteiger partial charge in [-0.1, -0.05) is 25.9 Å². The molecule has 0 aliphatic heterocycles. The van der Waals surface area contributed by atoms with Crippen molar-refractivity contribution < 1.29 is 9.26 Å². The molecule has 7 heteroatoms. The first-order valence-electron chi connectivity index (χ1n) is 8.80. The lowest BCUT2D eigenvalue weighted by Gasteiger charge is -2.21. The maximum Gasteiger partial charge on any atom is 0.232 e. The molecule has 1 aliphatic carbocycles. The van der Waals surface area contributed by atoms with Crippen LogP contribution in [0.5, 0.6) is 0 Å². The first-order chi connectivity index (χ1) is 11.4. The fourth-order valence-electron chi connectivity index (χ4n) is 2.08. The smallest absolute Gasteiger partial charge is 0.232 e. The summed E-state index contributed by atoms with van der Waals surface area (Å²) in [4.78, 5) is 11.1. The average molecular weight is 337 g/mol. The second-order valence-corrected chi connectivity index (χ2v) is 7.38. The lowest BCUT2D eigenvalue weighted by Crippen LogP contribution is -2.40. The van der Waals surface area contributed by atoms with Crippen LogP contribution in [-0.4, -0.2) is 54.4 Å². The van der Waals surface area contributed by atoms with Gasteiger partial charge >= 0.3 is 0 Å². The molecule has 0 aromatic carbocycles. The molecule has 0 amide bonds. The van der Waals surface area contributed by atoms with Crippen molar-refractivity contribution in [2.45, 2.75) is 52.5 Å². The van der Waals surface area contributed by atoms with E-state index in [1.165, 1.54) is 12.8 Å². The zero-order chi connectivity index (χ0) is 17.6. The van der Waals surface area contributed by atoms with Crippen molar-refractivity contribution in [1.82, 2.24) is 20.4 Å². The molecule has 1 aliphatic rings. The Morgan fingerprint density at radius 1 is 1.42 bits per heavy atom. The number of rotatable bonds is 8. The van der Waals surface area contributed by atoms with Crippen molar-refractivity contribution in [3.05, 3.63) is 11.7 Å². The molecule has 0 radical (unpaired) electrons. The molecule has 1 fully saturated rings. The van der Waals surface area contributed by atoms with Gasteiger partial charge in [-0.2, -0.15) is 4.98 Å². The monoisotopic (exact) mass is 337 g/mol. The maximum atomic E-state index is 5.70. The van der Waals surface area contributed by atoms with Crippen LogP contribution in [0.2, 0.25) is 0 Å². The quantitative estimate of drug-likeness (QED) is 0.445. The van der Waals surface area contributed by atoms with E-state index in [1.54, 1.807) is 0 Å². The lowest BCUT2D eigenvalue weighted by molar-refractivity contribution is 0.115. The molecule has 0 atom stereocenters. The zero-order valence-electron chi connectivity index (χ0n) is 15.6. The first-order valence-corrected chi connectivity index (χ1v) is 8.80. The highest BCUT2D eigenvalue weighted by molar-refractivity contribution is 5.79. The Balaban J connectivity index is 1.85. The Morgan fingerprint density at radius 2 is 2.17 bits per heavy atom. The summed E-state index contributed by atoms with van der Waals surface area (Å²) in [7, 11) is 2.01. The molecule has 7 nitrogen and oxygen atoms in total. The standard InChI is InChI=1S/C17H31N5O2/c1-6-18-16(22(5)9-10-23-12-13-7-8-13)19-11-14-20-15(24-21-14)17(2,3)4/h13H,6-12H2,1-5H3,(H,18,19). The van der Waals surface area contributed by atoms with E-state index in [9.17, 15) is 0 Å². The van der Waals surface area contributed by atoms with Crippen molar-refractivity contribution in [1.29, 1.82) is 0 Å². The Hall–Kier alpha value is -1.63. The number of hydrogen-bond acceptors (Lipinski definition) is 5. The lowest BCUT2D eigenvalue weighted by atomic mass is 9.97. The van der Waals surface area contributed by atoms with Crippen LogP contribution >= 0.6 is 0 Å². The topological polar surface area (TPSA) is 75.8 Å². The van der Waals surface area contributed by atoms with Crippen LogP contribution in [0.3, 0.4) is 0 Å². The summed E-state index contributed by atoms with van der Waals surface area (Å²) in [5.41, 5.74) is -0.144. The van der Waals surface area contributed by atoms with Gasteiger partial charge in [0.2, 0.25) is 5.89 Å². The van der Waals surface area contributed by atoms with Gasteiger partial charge in [0.15, 0.2) is 11.8 Å². The molecule has 1 aromatic heterocycles. The highest BCUT2D eigenvalue weighted by atomic mass is 16.5. The number of nitrogens with zero attached hydrogens (tertiary/aromatic N) is 4. The van der Waals surface area contributed by atoms with Gasteiger partial charge in [-0.25, -0.2) is 4.99 Å². The third kappa shape index (κ3) is 6.11. The second kappa shape index (κ2) is 8.46. The van der Waals surface area contributed by atoms with E-state index in [2.05, 4.69) is 32.3 Å². The van der Waals surface area contributed by atoms with Gasteiger partial charge in [-0.15, -0.1) is 0 Å². The van der Waals surface area contributed by atoms with Gasteiger partial charge in [0.25, 0.3) is 0 Å². The third-order valence-electron chi connectivity index (χ3n) is 3.80. The van der Waals surface area contributed by atoms with Crippen LogP contribution < -0.4 is 5.32 Å². The number of aliphatic imine (C=N–C) groups is 1. The Labute approximate surface area is 144 Å². The molecule has 1 aromatic rings. The van der Waals surface area contributed by atoms with Crippen LogP contribution in [0, 0.1) is 5.92 Å². The maximum absolute atomic E-state index is 5.70. The van der Waals surface area contributed by atoms with Crippen molar-refractivity contribution in [3.63, 3.8) is 0 Å². The average Bonchev–Trinajstić information content (AvgIpc) is 3.21. The number of likely N-dealkylation sites (N-methyl/N-ethyl adjacent to an activating group) is 1. The zero-order valence-corrected chi connectivity index (χ0v) is 15.6. The van der Waals surface area contributed by atoms with E-state index >= 15 is 0 Å². The minimum Gasteiger partial charge on any atom is -0.379 e. The third-order valence-corrected chi connectivity index (χ3v) is 3.80. The molecule has 1 saturated carbocycles. The number of ether oxygens (including phenoxy) is 1. The molecule has 0 saturated heterocycles. The fraction of sp³-hybridized carbons (Fsp3) is 0.824. The van der Waals surface area contributed by atoms with Crippen LogP contribution in [-0.2, 0) is 16.7 Å². The Morgan fingerprint density at radius 3 is 2.75 bits per heavy atom. The molecule has 0 bridgehead atoms.